The average molecular weight is 336 g/mol. The van der Waals surface area contributed by atoms with Crippen LogP contribution < -0.4 is 5.32 Å². The number of aliphatic hydroxyl groups excluding tert-OH is 1. The van der Waals surface area contributed by atoms with Crippen molar-refractivity contribution in [3.63, 3.8) is 0 Å². The number of nitrogens with one attached hydrogen (secondary N) is 1. The van der Waals surface area contributed by atoms with E-state index in [2.05, 4.69) is 10.3 Å². The molecule has 2 heterocycles. The van der Waals surface area contributed by atoms with E-state index in [-0.39, 0.29) is 24.0 Å². The van der Waals surface area contributed by atoms with Gasteiger partial charge in [-0.05, 0) is 55.0 Å². The van der Waals surface area contributed by atoms with Crippen LogP contribution in [0.2, 0.25) is 0 Å². The summed E-state index contributed by atoms with van der Waals surface area (Å²) < 4.78 is 5.66. The lowest BCUT2D eigenvalue weighted by Gasteiger charge is -2.38. The van der Waals surface area contributed by atoms with Gasteiger partial charge in [-0.15, -0.1) is 0 Å². The molecule has 2 N–H and O–H groups in total. The number of benzene rings is 1. The molecule has 0 saturated heterocycles. The van der Waals surface area contributed by atoms with E-state index in [1.54, 1.807) is 18.5 Å². The summed E-state index contributed by atoms with van der Waals surface area (Å²) >= 11 is 0. The summed E-state index contributed by atoms with van der Waals surface area (Å²) in [6, 6.07) is 13.2. The van der Waals surface area contributed by atoms with Crippen LogP contribution in [0.3, 0.4) is 0 Å². The summed E-state index contributed by atoms with van der Waals surface area (Å²) in [7, 11) is 0. The number of hydrogen-bond acceptors (Lipinski definition) is 4. The summed E-state index contributed by atoms with van der Waals surface area (Å²) in [5.41, 5.74) is 1.82. The first-order valence-corrected chi connectivity index (χ1v) is 8.55. The van der Waals surface area contributed by atoms with Crippen LogP contribution in [-0.2, 0) is 6.42 Å². The van der Waals surface area contributed by atoms with Crippen LogP contribution in [-0.4, -0.2) is 28.1 Å². The van der Waals surface area contributed by atoms with E-state index in [1.807, 2.05) is 36.4 Å². The fraction of sp³-hybridized carbons (Fsp3) is 0.300. The summed E-state index contributed by atoms with van der Waals surface area (Å²) in [5, 5.41) is 13.7. The van der Waals surface area contributed by atoms with Crippen molar-refractivity contribution >= 4 is 16.9 Å². The van der Waals surface area contributed by atoms with Crippen molar-refractivity contribution in [3.8, 4) is 0 Å². The van der Waals surface area contributed by atoms with Gasteiger partial charge in [-0.25, -0.2) is 0 Å². The standard InChI is InChI=1S/C20H20N2O3/c23-16-10-15(11-16)17(9-13-5-7-21-8-6-13)22-20(24)19-12-14-3-1-2-4-18(14)25-19/h1-8,12,15-17,23H,9-11H2,(H,22,24). The third-order valence-electron chi connectivity index (χ3n) is 4.89. The zero-order valence-corrected chi connectivity index (χ0v) is 13.8. The van der Waals surface area contributed by atoms with Crippen molar-refractivity contribution in [2.45, 2.75) is 31.4 Å². The molecule has 1 aromatic carbocycles. The number of furan rings is 1. The van der Waals surface area contributed by atoms with Gasteiger partial charge in [0.15, 0.2) is 5.76 Å². The maximum absolute atomic E-state index is 12.7. The number of hydrogen-bond donors (Lipinski definition) is 2. The van der Waals surface area contributed by atoms with E-state index in [1.165, 1.54) is 0 Å². The quantitative estimate of drug-likeness (QED) is 0.751. The van der Waals surface area contributed by atoms with Crippen LogP contribution in [0.25, 0.3) is 11.0 Å². The van der Waals surface area contributed by atoms with Crippen molar-refractivity contribution in [3.05, 3.63) is 66.2 Å². The van der Waals surface area contributed by atoms with Gasteiger partial charge in [-0.2, -0.15) is 0 Å². The van der Waals surface area contributed by atoms with Gasteiger partial charge in [0.2, 0.25) is 0 Å². The minimum absolute atomic E-state index is 0.0356. The molecule has 5 nitrogen and oxygen atoms in total. The van der Waals surface area contributed by atoms with Gasteiger partial charge in [-0.3, -0.25) is 9.78 Å². The fourth-order valence-electron chi connectivity index (χ4n) is 3.40. The monoisotopic (exact) mass is 336 g/mol. The molecule has 0 aliphatic heterocycles. The van der Waals surface area contributed by atoms with E-state index in [0.717, 1.165) is 23.8 Å². The van der Waals surface area contributed by atoms with Crippen LogP contribution >= 0.6 is 0 Å². The number of aromatic nitrogens is 1. The second-order valence-corrected chi connectivity index (χ2v) is 6.67. The molecule has 1 aliphatic carbocycles. The van der Waals surface area contributed by atoms with Crippen molar-refractivity contribution < 1.29 is 14.3 Å². The largest absolute Gasteiger partial charge is 0.451 e. The molecule has 1 amide bonds. The second-order valence-electron chi connectivity index (χ2n) is 6.67. The molecule has 1 fully saturated rings. The first-order valence-electron chi connectivity index (χ1n) is 8.55. The fourth-order valence-corrected chi connectivity index (χ4v) is 3.40. The van der Waals surface area contributed by atoms with Gasteiger partial charge < -0.3 is 14.8 Å². The second kappa shape index (κ2) is 6.69. The molecular weight excluding hydrogens is 316 g/mol. The lowest BCUT2D eigenvalue weighted by Crippen LogP contribution is -2.48. The Labute approximate surface area is 145 Å². The Morgan fingerprint density at radius 2 is 2.00 bits per heavy atom. The van der Waals surface area contributed by atoms with Crippen molar-refractivity contribution in [2.75, 3.05) is 0 Å². The van der Waals surface area contributed by atoms with Gasteiger partial charge >= 0.3 is 0 Å². The molecule has 1 atom stereocenters. The lowest BCUT2D eigenvalue weighted by molar-refractivity contribution is 0.0236. The Morgan fingerprint density at radius 1 is 1.24 bits per heavy atom. The number of carbonyl (C=O) groups is 1. The summed E-state index contributed by atoms with van der Waals surface area (Å²) in [5.74, 6) is 0.383. The van der Waals surface area contributed by atoms with Gasteiger partial charge in [-0.1, -0.05) is 18.2 Å². The number of rotatable bonds is 5. The van der Waals surface area contributed by atoms with Crippen molar-refractivity contribution in [1.82, 2.24) is 10.3 Å². The SMILES string of the molecule is O=C(NC(Cc1ccncc1)C1CC(O)C1)c1cc2ccccc2o1. The molecule has 2 aromatic heterocycles. The number of fused-ring (bicyclic) bond motifs is 1. The van der Waals surface area contributed by atoms with Crippen LogP contribution in [0.5, 0.6) is 0 Å². The van der Waals surface area contributed by atoms with E-state index in [4.69, 9.17) is 4.42 Å². The molecule has 25 heavy (non-hydrogen) atoms. The highest BCUT2D eigenvalue weighted by Gasteiger charge is 2.35. The highest BCUT2D eigenvalue weighted by atomic mass is 16.3. The Bertz CT molecular complexity index is 836. The number of aliphatic hydroxyl groups is 1. The van der Waals surface area contributed by atoms with Gasteiger partial charge in [0, 0.05) is 23.8 Å². The zero-order chi connectivity index (χ0) is 17.2. The maximum Gasteiger partial charge on any atom is 0.287 e. The molecule has 0 spiro atoms. The predicted molar refractivity (Wildman–Crippen MR) is 94.1 cm³/mol. The Morgan fingerprint density at radius 3 is 2.72 bits per heavy atom. The number of pyridine rings is 1. The molecule has 5 heteroatoms. The van der Waals surface area contributed by atoms with Gasteiger partial charge in [0.05, 0.1) is 6.10 Å². The van der Waals surface area contributed by atoms with Crippen LogP contribution in [0, 0.1) is 5.92 Å². The number of amides is 1. The van der Waals surface area contributed by atoms with Gasteiger partial charge in [0.25, 0.3) is 5.91 Å². The molecule has 4 rings (SSSR count). The Hall–Kier alpha value is -2.66. The number of para-hydroxylation sites is 1. The first-order chi connectivity index (χ1) is 12.2. The number of nitrogens with zero attached hydrogens (tertiary/aromatic N) is 1. The third kappa shape index (κ3) is 3.42. The lowest BCUT2D eigenvalue weighted by atomic mass is 9.75. The van der Waals surface area contributed by atoms with Gasteiger partial charge in [0.1, 0.15) is 5.58 Å². The van der Waals surface area contributed by atoms with Crippen LogP contribution in [0.15, 0.2) is 59.3 Å². The van der Waals surface area contributed by atoms with Crippen molar-refractivity contribution in [2.24, 2.45) is 5.92 Å². The molecule has 1 unspecified atom stereocenters. The van der Waals surface area contributed by atoms with E-state index < -0.39 is 0 Å². The van der Waals surface area contributed by atoms with E-state index >= 15 is 0 Å². The highest BCUT2D eigenvalue weighted by molar-refractivity contribution is 5.96. The number of carbonyl (C=O) groups excluding carboxylic acids is 1. The normalized spacial score (nSPS) is 20.8. The molecule has 0 radical (unpaired) electrons. The molecule has 1 saturated carbocycles. The Balaban J connectivity index is 1.51. The molecule has 3 aromatic rings. The smallest absolute Gasteiger partial charge is 0.287 e. The average Bonchev–Trinajstić information content (AvgIpc) is 3.04. The summed E-state index contributed by atoms with van der Waals surface area (Å²) in [4.78, 5) is 16.7. The van der Waals surface area contributed by atoms with Crippen molar-refractivity contribution in [1.29, 1.82) is 0 Å². The minimum atomic E-state index is -0.256. The Kier molecular flexibility index (Phi) is 4.24. The maximum atomic E-state index is 12.7. The summed E-state index contributed by atoms with van der Waals surface area (Å²) in [6.07, 6.45) is 5.40. The molecular formula is C20H20N2O3. The topological polar surface area (TPSA) is 75.4 Å². The molecule has 0 bridgehead atoms. The molecule has 128 valence electrons. The molecule has 1 aliphatic rings. The van der Waals surface area contributed by atoms with E-state index in [9.17, 15) is 9.90 Å². The predicted octanol–water partition coefficient (Wildman–Crippen LogP) is 2.94. The highest BCUT2D eigenvalue weighted by Crippen LogP contribution is 2.32. The third-order valence-corrected chi connectivity index (χ3v) is 4.89. The zero-order valence-electron chi connectivity index (χ0n) is 13.8. The minimum Gasteiger partial charge on any atom is -0.451 e. The van der Waals surface area contributed by atoms with Crippen LogP contribution in [0.4, 0.5) is 0 Å². The van der Waals surface area contributed by atoms with Crippen LogP contribution in [0.1, 0.15) is 29.0 Å². The van der Waals surface area contributed by atoms with E-state index in [0.29, 0.717) is 17.8 Å². The first kappa shape index (κ1) is 15.8. The summed E-state index contributed by atoms with van der Waals surface area (Å²) in [6.45, 7) is 0.